The fraction of sp³-hybridized carbons (Fsp3) is 0.667. The molecule has 0 fully saturated rings. The lowest BCUT2D eigenvalue weighted by Gasteiger charge is -2.19. The van der Waals surface area contributed by atoms with Crippen LogP contribution in [0.2, 0.25) is 0 Å². The zero-order chi connectivity index (χ0) is 15.2. The first-order chi connectivity index (χ1) is 9.35. The topological polar surface area (TPSA) is 58.6 Å². The Bertz CT molecular complexity index is 503. The molecule has 1 aromatic rings. The summed E-state index contributed by atoms with van der Waals surface area (Å²) in [6.07, 6.45) is 0.679. The maximum atomic E-state index is 12.1. The van der Waals surface area contributed by atoms with Crippen molar-refractivity contribution in [3.05, 3.63) is 15.9 Å². The van der Waals surface area contributed by atoms with Crippen molar-refractivity contribution in [2.45, 2.75) is 23.7 Å². The van der Waals surface area contributed by atoms with Gasteiger partial charge < -0.3 is 9.64 Å². The van der Waals surface area contributed by atoms with Gasteiger partial charge in [-0.3, -0.25) is 0 Å². The van der Waals surface area contributed by atoms with Gasteiger partial charge in [-0.2, -0.15) is 0 Å². The molecule has 0 radical (unpaired) electrons. The Morgan fingerprint density at radius 3 is 2.65 bits per heavy atom. The van der Waals surface area contributed by atoms with Gasteiger partial charge in [0.25, 0.3) is 0 Å². The Morgan fingerprint density at radius 2 is 2.15 bits per heavy atom. The number of ether oxygens (including phenoxy) is 1. The zero-order valence-corrected chi connectivity index (χ0v) is 15.1. The summed E-state index contributed by atoms with van der Waals surface area (Å²) in [6, 6.07) is 3.32. The lowest BCUT2D eigenvalue weighted by molar-refractivity contribution is 0.0555. The fourth-order valence-corrected chi connectivity index (χ4v) is 4.72. The van der Waals surface area contributed by atoms with Gasteiger partial charge in [0.05, 0.1) is 9.89 Å². The van der Waals surface area contributed by atoms with Gasteiger partial charge in [-0.15, -0.1) is 11.3 Å². The van der Waals surface area contributed by atoms with Crippen LogP contribution in [0, 0.1) is 0 Å². The van der Waals surface area contributed by atoms with Crippen molar-refractivity contribution in [2.24, 2.45) is 0 Å². The molecule has 0 aromatic carbocycles. The summed E-state index contributed by atoms with van der Waals surface area (Å²) in [5, 5.41) is 0. The van der Waals surface area contributed by atoms with E-state index in [0.717, 1.165) is 16.8 Å². The van der Waals surface area contributed by atoms with Gasteiger partial charge in [0, 0.05) is 19.7 Å². The number of sulfonamides is 1. The van der Waals surface area contributed by atoms with E-state index in [2.05, 4.69) is 25.6 Å². The quantitative estimate of drug-likeness (QED) is 0.708. The van der Waals surface area contributed by atoms with Gasteiger partial charge >= 0.3 is 0 Å². The number of hydrogen-bond donors (Lipinski definition) is 1. The summed E-state index contributed by atoms with van der Waals surface area (Å²) in [6.45, 7) is 3.63. The number of halogens is 1. The standard InChI is InChI=1S/C12H21BrN2O3S2/c1-4-18-10(7-8-15(2)3)9-14-20(16,17)12-6-5-11(13)19-12/h5-6,10,14H,4,7-9H2,1-3H3/t10-/m1/s1. The number of thiophene rings is 1. The van der Waals surface area contributed by atoms with Crippen molar-refractivity contribution in [1.29, 1.82) is 0 Å². The first-order valence-corrected chi connectivity index (χ1v) is 9.45. The van der Waals surface area contributed by atoms with E-state index in [0.29, 0.717) is 17.4 Å². The van der Waals surface area contributed by atoms with E-state index in [1.54, 1.807) is 12.1 Å². The largest absolute Gasteiger partial charge is 0.377 e. The molecule has 0 unspecified atom stereocenters. The minimum atomic E-state index is -3.45. The lowest BCUT2D eigenvalue weighted by atomic mass is 10.2. The molecule has 0 aliphatic carbocycles. The van der Waals surface area contributed by atoms with E-state index >= 15 is 0 Å². The summed E-state index contributed by atoms with van der Waals surface area (Å²) in [7, 11) is 0.519. The van der Waals surface area contributed by atoms with Crippen molar-refractivity contribution in [3.8, 4) is 0 Å². The SMILES string of the molecule is CCO[C@H](CCN(C)C)CNS(=O)(=O)c1ccc(Br)s1. The minimum absolute atomic E-state index is 0.111. The van der Waals surface area contributed by atoms with Crippen LogP contribution in [0.25, 0.3) is 0 Å². The molecule has 0 aliphatic rings. The third-order valence-corrected chi connectivity index (χ3v) is 6.15. The van der Waals surface area contributed by atoms with Crippen LogP contribution in [-0.2, 0) is 14.8 Å². The second-order valence-corrected chi connectivity index (χ2v) is 9.04. The molecule has 1 rings (SSSR count). The van der Waals surface area contributed by atoms with Crippen LogP contribution in [0.3, 0.4) is 0 Å². The van der Waals surface area contributed by atoms with E-state index in [1.165, 1.54) is 11.3 Å². The van der Waals surface area contributed by atoms with Crippen LogP contribution in [0.1, 0.15) is 13.3 Å². The highest BCUT2D eigenvalue weighted by Crippen LogP contribution is 2.25. The summed E-state index contributed by atoms with van der Waals surface area (Å²) in [5.74, 6) is 0. The fourth-order valence-electron chi connectivity index (χ4n) is 1.60. The van der Waals surface area contributed by atoms with Gasteiger partial charge in [0.15, 0.2) is 0 Å². The van der Waals surface area contributed by atoms with Gasteiger partial charge in [-0.1, -0.05) is 0 Å². The summed E-state index contributed by atoms with van der Waals surface area (Å²) >= 11 is 4.46. The molecular weight excluding hydrogens is 364 g/mol. The van der Waals surface area contributed by atoms with Crippen molar-refractivity contribution in [1.82, 2.24) is 9.62 Å². The predicted molar refractivity (Wildman–Crippen MR) is 85.8 cm³/mol. The molecule has 116 valence electrons. The molecule has 0 saturated carbocycles. The average molecular weight is 385 g/mol. The molecule has 5 nitrogen and oxygen atoms in total. The summed E-state index contributed by atoms with van der Waals surface area (Å²) in [5.41, 5.74) is 0. The number of hydrogen-bond acceptors (Lipinski definition) is 5. The van der Waals surface area contributed by atoms with Crippen LogP contribution < -0.4 is 4.72 Å². The van der Waals surface area contributed by atoms with Gasteiger partial charge in [0.2, 0.25) is 10.0 Å². The number of nitrogens with one attached hydrogen (secondary N) is 1. The Kier molecular flexibility index (Phi) is 7.63. The van der Waals surface area contributed by atoms with Crippen LogP contribution in [-0.4, -0.2) is 53.2 Å². The third kappa shape index (κ3) is 6.19. The lowest BCUT2D eigenvalue weighted by Crippen LogP contribution is -2.35. The first-order valence-electron chi connectivity index (χ1n) is 6.36. The van der Waals surface area contributed by atoms with Gasteiger partial charge in [-0.25, -0.2) is 13.1 Å². The highest BCUT2D eigenvalue weighted by atomic mass is 79.9. The predicted octanol–water partition coefficient (Wildman–Crippen LogP) is 2.15. The maximum Gasteiger partial charge on any atom is 0.250 e. The molecule has 1 N–H and O–H groups in total. The van der Waals surface area contributed by atoms with Crippen molar-refractivity contribution in [2.75, 3.05) is 33.8 Å². The molecule has 0 spiro atoms. The van der Waals surface area contributed by atoms with Gasteiger partial charge in [-0.05, 0) is 55.5 Å². The second kappa shape index (κ2) is 8.45. The van der Waals surface area contributed by atoms with Gasteiger partial charge in [0.1, 0.15) is 4.21 Å². The molecule has 0 saturated heterocycles. The highest BCUT2D eigenvalue weighted by Gasteiger charge is 2.19. The Balaban J connectivity index is 2.57. The van der Waals surface area contributed by atoms with E-state index in [-0.39, 0.29) is 6.10 Å². The monoisotopic (exact) mass is 384 g/mol. The number of rotatable bonds is 9. The van der Waals surface area contributed by atoms with Crippen LogP contribution in [0.5, 0.6) is 0 Å². The van der Waals surface area contributed by atoms with E-state index in [4.69, 9.17) is 4.74 Å². The van der Waals surface area contributed by atoms with E-state index in [9.17, 15) is 8.42 Å². The number of nitrogens with zero attached hydrogens (tertiary/aromatic N) is 1. The molecule has 0 amide bonds. The molecule has 1 atom stereocenters. The molecular formula is C12H21BrN2O3S2. The Hall–Kier alpha value is 0.01000. The molecule has 0 aliphatic heterocycles. The smallest absolute Gasteiger partial charge is 0.250 e. The van der Waals surface area contributed by atoms with E-state index < -0.39 is 10.0 Å². The maximum absolute atomic E-state index is 12.1. The molecule has 1 heterocycles. The van der Waals surface area contributed by atoms with Crippen molar-refractivity contribution in [3.63, 3.8) is 0 Å². The van der Waals surface area contributed by atoms with Crippen molar-refractivity contribution >= 4 is 37.3 Å². The van der Waals surface area contributed by atoms with Crippen molar-refractivity contribution < 1.29 is 13.2 Å². The van der Waals surface area contributed by atoms with E-state index in [1.807, 2.05) is 21.0 Å². The zero-order valence-electron chi connectivity index (χ0n) is 11.9. The molecule has 8 heteroatoms. The second-order valence-electron chi connectivity index (χ2n) is 4.58. The van der Waals surface area contributed by atoms with Crippen LogP contribution in [0.4, 0.5) is 0 Å². The Labute approximate surface area is 133 Å². The molecule has 20 heavy (non-hydrogen) atoms. The Morgan fingerprint density at radius 1 is 1.45 bits per heavy atom. The summed E-state index contributed by atoms with van der Waals surface area (Å²) in [4.78, 5) is 2.05. The first kappa shape index (κ1) is 18.1. The minimum Gasteiger partial charge on any atom is -0.377 e. The summed E-state index contributed by atoms with van der Waals surface area (Å²) < 4.78 is 33.5. The average Bonchev–Trinajstić information content (AvgIpc) is 2.80. The van der Waals surface area contributed by atoms with Crippen LogP contribution >= 0.6 is 27.3 Å². The molecule has 0 bridgehead atoms. The normalized spacial score (nSPS) is 13.8. The highest BCUT2D eigenvalue weighted by molar-refractivity contribution is 9.11. The third-order valence-electron chi connectivity index (χ3n) is 2.62. The molecule has 1 aromatic heterocycles. The van der Waals surface area contributed by atoms with Crippen LogP contribution in [0.15, 0.2) is 20.1 Å².